The molecule has 2 aromatic carbocycles. The van der Waals surface area contributed by atoms with Crippen molar-refractivity contribution < 1.29 is 4.74 Å². The van der Waals surface area contributed by atoms with Crippen LogP contribution in [0.5, 0.6) is 0 Å². The Balaban J connectivity index is 1.64. The van der Waals surface area contributed by atoms with Crippen molar-refractivity contribution >= 4 is 16.6 Å². The predicted octanol–water partition coefficient (Wildman–Crippen LogP) is 3.90. The molecular formula is C20H21N3O2. The average molecular weight is 335 g/mol. The molecule has 0 aliphatic carbocycles. The summed E-state index contributed by atoms with van der Waals surface area (Å²) in [5.41, 5.74) is 4.03. The van der Waals surface area contributed by atoms with Crippen molar-refractivity contribution in [2.24, 2.45) is 5.18 Å². The molecule has 2 heterocycles. The lowest BCUT2D eigenvalue weighted by Gasteiger charge is -2.26. The normalized spacial score (nSPS) is 15.5. The number of para-hydroxylation sites is 1. The van der Waals surface area contributed by atoms with E-state index in [9.17, 15) is 4.91 Å². The SMILES string of the molecule is O=Nc1ccc(-n2cc(CCN3CCOCC3)c3ccccc32)cc1. The summed E-state index contributed by atoms with van der Waals surface area (Å²) in [6.07, 6.45) is 3.23. The molecule has 0 unspecified atom stereocenters. The molecule has 0 atom stereocenters. The van der Waals surface area contributed by atoms with Crippen LogP contribution in [0.2, 0.25) is 0 Å². The van der Waals surface area contributed by atoms with E-state index in [1.165, 1.54) is 16.5 Å². The van der Waals surface area contributed by atoms with Crippen LogP contribution in [0.1, 0.15) is 5.56 Å². The Morgan fingerprint density at radius 3 is 2.52 bits per heavy atom. The summed E-state index contributed by atoms with van der Waals surface area (Å²) in [5.74, 6) is 0. The second-order valence-electron chi connectivity index (χ2n) is 6.35. The summed E-state index contributed by atoms with van der Waals surface area (Å²) in [5, 5.41) is 4.26. The molecule has 1 aliphatic heterocycles. The van der Waals surface area contributed by atoms with E-state index in [2.05, 4.69) is 45.1 Å². The number of ether oxygens (including phenoxy) is 1. The molecule has 4 rings (SSSR count). The number of hydrogen-bond acceptors (Lipinski definition) is 4. The number of nitrogens with zero attached hydrogens (tertiary/aromatic N) is 3. The third-order valence-corrected chi connectivity index (χ3v) is 4.83. The maximum atomic E-state index is 10.6. The summed E-state index contributed by atoms with van der Waals surface area (Å²) in [7, 11) is 0. The lowest BCUT2D eigenvalue weighted by atomic mass is 10.1. The zero-order valence-electron chi connectivity index (χ0n) is 14.1. The van der Waals surface area contributed by atoms with Crippen molar-refractivity contribution in [2.75, 3.05) is 32.8 Å². The quantitative estimate of drug-likeness (QED) is 0.664. The van der Waals surface area contributed by atoms with Gasteiger partial charge in [-0.1, -0.05) is 18.2 Å². The van der Waals surface area contributed by atoms with Gasteiger partial charge in [0.15, 0.2) is 0 Å². The van der Waals surface area contributed by atoms with Crippen LogP contribution in [-0.4, -0.2) is 42.3 Å². The molecule has 0 spiro atoms. The Bertz CT molecular complexity index is 864. The van der Waals surface area contributed by atoms with Gasteiger partial charge in [0.05, 0.1) is 18.7 Å². The monoisotopic (exact) mass is 335 g/mol. The van der Waals surface area contributed by atoms with Gasteiger partial charge in [-0.3, -0.25) is 4.90 Å². The molecular weight excluding hydrogens is 314 g/mol. The fraction of sp³-hybridized carbons (Fsp3) is 0.300. The average Bonchev–Trinajstić information content (AvgIpc) is 3.06. The molecule has 1 saturated heterocycles. The van der Waals surface area contributed by atoms with Crippen LogP contribution in [0.25, 0.3) is 16.6 Å². The second kappa shape index (κ2) is 7.17. The van der Waals surface area contributed by atoms with E-state index in [1.807, 2.05) is 12.1 Å². The lowest BCUT2D eigenvalue weighted by Crippen LogP contribution is -2.37. The highest BCUT2D eigenvalue weighted by Gasteiger charge is 2.13. The third kappa shape index (κ3) is 3.34. The minimum absolute atomic E-state index is 0.452. The number of hydrogen-bond donors (Lipinski definition) is 0. The minimum Gasteiger partial charge on any atom is -0.379 e. The summed E-state index contributed by atoms with van der Waals surface area (Å²) < 4.78 is 7.62. The largest absolute Gasteiger partial charge is 0.379 e. The fourth-order valence-corrected chi connectivity index (χ4v) is 3.44. The van der Waals surface area contributed by atoms with Gasteiger partial charge in [0.2, 0.25) is 0 Å². The molecule has 0 amide bonds. The van der Waals surface area contributed by atoms with E-state index in [1.54, 1.807) is 12.1 Å². The van der Waals surface area contributed by atoms with Gasteiger partial charge in [0.1, 0.15) is 5.69 Å². The number of fused-ring (bicyclic) bond motifs is 1. The standard InChI is InChI=1S/C20H21N3O2/c24-21-17-5-7-18(8-6-17)23-15-16(19-3-1-2-4-20(19)23)9-10-22-11-13-25-14-12-22/h1-8,15H,9-14H2. The van der Waals surface area contributed by atoms with Crippen LogP contribution in [0.3, 0.4) is 0 Å². The molecule has 0 radical (unpaired) electrons. The number of benzene rings is 2. The molecule has 5 nitrogen and oxygen atoms in total. The summed E-state index contributed by atoms with van der Waals surface area (Å²) in [6.45, 7) is 4.74. The van der Waals surface area contributed by atoms with Gasteiger partial charge in [-0.2, -0.15) is 0 Å². The number of rotatable bonds is 5. The van der Waals surface area contributed by atoms with Crippen molar-refractivity contribution in [1.82, 2.24) is 9.47 Å². The molecule has 1 fully saturated rings. The van der Waals surface area contributed by atoms with Gasteiger partial charge in [0, 0.05) is 36.9 Å². The second-order valence-corrected chi connectivity index (χ2v) is 6.35. The number of nitroso groups, excluding NO2 is 1. The van der Waals surface area contributed by atoms with Crippen LogP contribution < -0.4 is 0 Å². The van der Waals surface area contributed by atoms with Gasteiger partial charge in [-0.15, -0.1) is 4.91 Å². The van der Waals surface area contributed by atoms with Gasteiger partial charge >= 0.3 is 0 Å². The first-order chi connectivity index (χ1) is 12.3. The number of aromatic nitrogens is 1. The van der Waals surface area contributed by atoms with E-state index < -0.39 is 0 Å². The maximum Gasteiger partial charge on any atom is 0.108 e. The Morgan fingerprint density at radius 1 is 1.00 bits per heavy atom. The Morgan fingerprint density at radius 2 is 1.76 bits per heavy atom. The van der Waals surface area contributed by atoms with Crippen LogP contribution in [-0.2, 0) is 11.2 Å². The van der Waals surface area contributed by atoms with Crippen molar-refractivity contribution in [2.45, 2.75) is 6.42 Å². The van der Waals surface area contributed by atoms with Crippen molar-refractivity contribution in [1.29, 1.82) is 0 Å². The van der Waals surface area contributed by atoms with Crippen LogP contribution in [0, 0.1) is 4.91 Å². The highest BCUT2D eigenvalue weighted by atomic mass is 16.5. The zero-order chi connectivity index (χ0) is 17.1. The zero-order valence-corrected chi connectivity index (χ0v) is 14.1. The van der Waals surface area contributed by atoms with Crippen molar-refractivity contribution in [3.05, 3.63) is 65.2 Å². The van der Waals surface area contributed by atoms with E-state index >= 15 is 0 Å². The Labute approximate surface area is 146 Å². The van der Waals surface area contributed by atoms with Gasteiger partial charge in [0.25, 0.3) is 0 Å². The summed E-state index contributed by atoms with van der Waals surface area (Å²) in [4.78, 5) is 13.1. The topological polar surface area (TPSA) is 46.8 Å². The van der Waals surface area contributed by atoms with Crippen molar-refractivity contribution in [3.63, 3.8) is 0 Å². The van der Waals surface area contributed by atoms with E-state index in [-0.39, 0.29) is 0 Å². The van der Waals surface area contributed by atoms with E-state index in [0.29, 0.717) is 5.69 Å². The first kappa shape index (κ1) is 16.0. The van der Waals surface area contributed by atoms with Gasteiger partial charge < -0.3 is 9.30 Å². The van der Waals surface area contributed by atoms with Crippen LogP contribution >= 0.6 is 0 Å². The molecule has 1 aliphatic rings. The maximum absolute atomic E-state index is 10.6. The first-order valence-corrected chi connectivity index (χ1v) is 8.68. The van der Waals surface area contributed by atoms with Crippen molar-refractivity contribution in [3.8, 4) is 5.69 Å². The van der Waals surface area contributed by atoms with Crippen LogP contribution in [0.4, 0.5) is 5.69 Å². The first-order valence-electron chi connectivity index (χ1n) is 8.68. The van der Waals surface area contributed by atoms with E-state index in [4.69, 9.17) is 4.74 Å². The predicted molar refractivity (Wildman–Crippen MR) is 99.7 cm³/mol. The Hall–Kier alpha value is -2.50. The van der Waals surface area contributed by atoms with E-state index in [0.717, 1.165) is 45.0 Å². The molecule has 0 N–H and O–H groups in total. The molecule has 0 saturated carbocycles. The highest BCUT2D eigenvalue weighted by molar-refractivity contribution is 5.85. The summed E-state index contributed by atoms with van der Waals surface area (Å²) in [6, 6.07) is 15.9. The fourth-order valence-electron chi connectivity index (χ4n) is 3.44. The van der Waals surface area contributed by atoms with Gasteiger partial charge in [-0.05, 0) is 47.5 Å². The third-order valence-electron chi connectivity index (χ3n) is 4.83. The molecule has 3 aromatic rings. The molecule has 1 aromatic heterocycles. The lowest BCUT2D eigenvalue weighted by molar-refractivity contribution is 0.0385. The number of morpholine rings is 1. The molecule has 25 heavy (non-hydrogen) atoms. The smallest absolute Gasteiger partial charge is 0.108 e. The highest BCUT2D eigenvalue weighted by Crippen LogP contribution is 2.26. The Kier molecular flexibility index (Phi) is 4.59. The molecule has 5 heteroatoms. The molecule has 0 bridgehead atoms. The minimum atomic E-state index is 0.452. The molecule has 128 valence electrons. The van der Waals surface area contributed by atoms with Crippen LogP contribution in [0.15, 0.2) is 59.9 Å². The van der Waals surface area contributed by atoms with Gasteiger partial charge in [-0.25, -0.2) is 0 Å². The summed E-state index contributed by atoms with van der Waals surface area (Å²) >= 11 is 0.